The maximum absolute atomic E-state index is 4.39. The zero-order valence-electron chi connectivity index (χ0n) is 10.7. The Labute approximate surface area is 129 Å². The highest BCUT2D eigenvalue weighted by molar-refractivity contribution is 9.10. The standard InChI is InChI=1S/C14H13BrN4S/c15-12-7-18-19(9-12)10-13-8-17-14(20-13)16-6-11-4-2-1-3-5-11/h1-5,7-9H,6,10H2,(H,16,17). The molecular weight excluding hydrogens is 336 g/mol. The first-order chi connectivity index (χ1) is 9.79. The van der Waals surface area contributed by atoms with Gasteiger partial charge in [0.2, 0.25) is 0 Å². The van der Waals surface area contributed by atoms with Crippen molar-refractivity contribution in [3.05, 3.63) is 63.8 Å². The van der Waals surface area contributed by atoms with E-state index < -0.39 is 0 Å². The number of benzene rings is 1. The molecule has 3 aromatic rings. The summed E-state index contributed by atoms with van der Waals surface area (Å²) in [6.07, 6.45) is 5.64. The van der Waals surface area contributed by atoms with E-state index in [1.165, 1.54) is 10.4 Å². The summed E-state index contributed by atoms with van der Waals surface area (Å²) in [4.78, 5) is 5.57. The second-order valence-electron chi connectivity index (χ2n) is 4.33. The number of anilines is 1. The van der Waals surface area contributed by atoms with Crippen molar-refractivity contribution in [3.63, 3.8) is 0 Å². The molecule has 0 aliphatic rings. The average Bonchev–Trinajstić information content (AvgIpc) is 3.08. The Balaban J connectivity index is 1.59. The highest BCUT2D eigenvalue weighted by Gasteiger charge is 2.03. The van der Waals surface area contributed by atoms with Crippen LogP contribution in [0.3, 0.4) is 0 Å². The summed E-state index contributed by atoms with van der Waals surface area (Å²) >= 11 is 5.05. The van der Waals surface area contributed by atoms with Crippen molar-refractivity contribution >= 4 is 32.4 Å². The molecule has 1 N–H and O–H groups in total. The predicted molar refractivity (Wildman–Crippen MR) is 84.9 cm³/mol. The Kier molecular flexibility index (Phi) is 4.13. The number of hydrogen-bond donors (Lipinski definition) is 1. The third kappa shape index (κ3) is 3.46. The first kappa shape index (κ1) is 13.3. The molecule has 0 amide bonds. The first-order valence-electron chi connectivity index (χ1n) is 6.20. The van der Waals surface area contributed by atoms with Crippen molar-refractivity contribution in [1.82, 2.24) is 14.8 Å². The van der Waals surface area contributed by atoms with Gasteiger partial charge in [-0.1, -0.05) is 30.3 Å². The van der Waals surface area contributed by atoms with Gasteiger partial charge in [-0.15, -0.1) is 11.3 Å². The van der Waals surface area contributed by atoms with Gasteiger partial charge in [0.1, 0.15) is 0 Å². The molecule has 4 nitrogen and oxygen atoms in total. The van der Waals surface area contributed by atoms with Crippen LogP contribution < -0.4 is 5.32 Å². The van der Waals surface area contributed by atoms with Crippen molar-refractivity contribution in [2.24, 2.45) is 0 Å². The van der Waals surface area contributed by atoms with Gasteiger partial charge in [0.15, 0.2) is 5.13 Å². The molecule has 0 unspecified atom stereocenters. The molecule has 0 saturated carbocycles. The normalized spacial score (nSPS) is 10.7. The third-order valence-electron chi connectivity index (χ3n) is 2.76. The fraction of sp³-hybridized carbons (Fsp3) is 0.143. The second kappa shape index (κ2) is 6.19. The number of halogens is 1. The van der Waals surface area contributed by atoms with E-state index in [2.05, 4.69) is 43.5 Å². The molecule has 2 heterocycles. The highest BCUT2D eigenvalue weighted by Crippen LogP contribution is 2.20. The monoisotopic (exact) mass is 348 g/mol. The molecule has 0 spiro atoms. The lowest BCUT2D eigenvalue weighted by Crippen LogP contribution is -1.98. The fourth-order valence-electron chi connectivity index (χ4n) is 1.82. The Bertz CT molecular complexity index is 677. The maximum Gasteiger partial charge on any atom is 0.183 e. The summed E-state index contributed by atoms with van der Waals surface area (Å²) < 4.78 is 2.88. The second-order valence-corrected chi connectivity index (χ2v) is 6.36. The minimum Gasteiger partial charge on any atom is -0.357 e. The van der Waals surface area contributed by atoms with Crippen LogP contribution in [0.15, 0.2) is 53.4 Å². The molecule has 20 heavy (non-hydrogen) atoms. The van der Waals surface area contributed by atoms with E-state index in [1.807, 2.05) is 35.3 Å². The molecule has 0 radical (unpaired) electrons. The number of nitrogens with one attached hydrogen (secondary N) is 1. The lowest BCUT2D eigenvalue weighted by atomic mass is 10.2. The van der Waals surface area contributed by atoms with Crippen LogP contribution in [0.1, 0.15) is 10.4 Å². The minimum atomic E-state index is 0.746. The SMILES string of the molecule is Brc1cnn(Cc2cnc(NCc3ccccc3)s2)c1. The summed E-state index contributed by atoms with van der Waals surface area (Å²) in [5, 5.41) is 8.52. The Hall–Kier alpha value is -1.66. The van der Waals surface area contributed by atoms with Gasteiger partial charge in [-0.25, -0.2) is 4.98 Å². The Morgan fingerprint density at radius 2 is 2.05 bits per heavy atom. The van der Waals surface area contributed by atoms with E-state index in [1.54, 1.807) is 17.5 Å². The molecule has 2 aromatic heterocycles. The zero-order chi connectivity index (χ0) is 13.8. The van der Waals surface area contributed by atoms with Gasteiger partial charge in [0.25, 0.3) is 0 Å². The average molecular weight is 349 g/mol. The molecular formula is C14H13BrN4S. The van der Waals surface area contributed by atoms with Crippen LogP contribution in [-0.4, -0.2) is 14.8 Å². The van der Waals surface area contributed by atoms with Gasteiger partial charge < -0.3 is 5.32 Å². The van der Waals surface area contributed by atoms with E-state index in [0.29, 0.717) is 0 Å². The molecule has 0 fully saturated rings. The zero-order valence-corrected chi connectivity index (χ0v) is 13.1. The molecule has 0 atom stereocenters. The summed E-state index contributed by atoms with van der Waals surface area (Å²) in [6, 6.07) is 10.3. The van der Waals surface area contributed by atoms with Crippen LogP contribution in [0.25, 0.3) is 0 Å². The van der Waals surface area contributed by atoms with E-state index in [4.69, 9.17) is 0 Å². The van der Waals surface area contributed by atoms with Crippen LogP contribution in [0.5, 0.6) is 0 Å². The van der Waals surface area contributed by atoms with Crippen molar-refractivity contribution in [3.8, 4) is 0 Å². The summed E-state index contributed by atoms with van der Waals surface area (Å²) in [7, 11) is 0. The van der Waals surface area contributed by atoms with Gasteiger partial charge in [-0.05, 0) is 21.5 Å². The smallest absolute Gasteiger partial charge is 0.183 e. The highest BCUT2D eigenvalue weighted by atomic mass is 79.9. The van der Waals surface area contributed by atoms with Gasteiger partial charge in [0.05, 0.1) is 17.2 Å². The van der Waals surface area contributed by atoms with Gasteiger partial charge in [0, 0.05) is 23.8 Å². The van der Waals surface area contributed by atoms with Gasteiger partial charge in [-0.3, -0.25) is 4.68 Å². The van der Waals surface area contributed by atoms with Crippen LogP contribution in [-0.2, 0) is 13.1 Å². The van der Waals surface area contributed by atoms with Gasteiger partial charge in [-0.2, -0.15) is 5.10 Å². The van der Waals surface area contributed by atoms with Crippen LogP contribution in [0.4, 0.5) is 5.13 Å². The number of thiazole rings is 1. The molecule has 6 heteroatoms. The molecule has 0 aliphatic carbocycles. The topological polar surface area (TPSA) is 42.7 Å². The first-order valence-corrected chi connectivity index (χ1v) is 7.81. The number of aromatic nitrogens is 3. The van der Waals surface area contributed by atoms with Crippen molar-refractivity contribution < 1.29 is 0 Å². The molecule has 3 rings (SSSR count). The summed E-state index contributed by atoms with van der Waals surface area (Å²) in [5.41, 5.74) is 1.25. The summed E-state index contributed by atoms with van der Waals surface area (Å²) in [6.45, 7) is 1.54. The van der Waals surface area contributed by atoms with Crippen LogP contribution in [0.2, 0.25) is 0 Å². The minimum absolute atomic E-state index is 0.746. The van der Waals surface area contributed by atoms with E-state index >= 15 is 0 Å². The lowest BCUT2D eigenvalue weighted by Gasteiger charge is -2.01. The Morgan fingerprint density at radius 1 is 1.20 bits per heavy atom. The van der Waals surface area contributed by atoms with Crippen molar-refractivity contribution in [2.75, 3.05) is 5.32 Å². The molecule has 0 aliphatic heterocycles. The molecule has 1 aromatic carbocycles. The molecule has 102 valence electrons. The van der Waals surface area contributed by atoms with Crippen molar-refractivity contribution in [1.29, 1.82) is 0 Å². The predicted octanol–water partition coefficient (Wildman–Crippen LogP) is 3.76. The lowest BCUT2D eigenvalue weighted by molar-refractivity contribution is 0.693. The summed E-state index contributed by atoms with van der Waals surface area (Å²) in [5.74, 6) is 0. The van der Waals surface area contributed by atoms with Gasteiger partial charge >= 0.3 is 0 Å². The van der Waals surface area contributed by atoms with Crippen molar-refractivity contribution in [2.45, 2.75) is 13.1 Å². The number of rotatable bonds is 5. The molecule has 0 bridgehead atoms. The van der Waals surface area contributed by atoms with Crippen LogP contribution >= 0.6 is 27.3 Å². The quantitative estimate of drug-likeness (QED) is 0.763. The largest absolute Gasteiger partial charge is 0.357 e. The van der Waals surface area contributed by atoms with E-state index in [0.717, 1.165) is 22.7 Å². The van der Waals surface area contributed by atoms with Crippen LogP contribution in [0, 0.1) is 0 Å². The number of hydrogen-bond acceptors (Lipinski definition) is 4. The maximum atomic E-state index is 4.39. The number of nitrogens with zero attached hydrogens (tertiary/aromatic N) is 3. The third-order valence-corrected chi connectivity index (χ3v) is 4.11. The fourth-order valence-corrected chi connectivity index (χ4v) is 2.95. The van der Waals surface area contributed by atoms with E-state index in [9.17, 15) is 0 Å². The Morgan fingerprint density at radius 3 is 2.80 bits per heavy atom. The molecule has 0 saturated heterocycles. The van der Waals surface area contributed by atoms with E-state index in [-0.39, 0.29) is 0 Å².